The molecule has 1 aliphatic rings. The molecule has 1 heterocycles. The lowest BCUT2D eigenvalue weighted by Gasteiger charge is -2.11. The molecule has 6 nitrogen and oxygen atoms in total. The van der Waals surface area contributed by atoms with Crippen LogP contribution >= 0.6 is 11.8 Å². The van der Waals surface area contributed by atoms with Crippen molar-refractivity contribution in [3.63, 3.8) is 0 Å². The van der Waals surface area contributed by atoms with Crippen LogP contribution in [-0.2, 0) is 19.4 Å². The molecule has 8 heteroatoms. The molecular formula is C16H22N2O4S2. The minimum atomic E-state index is -3.59. The van der Waals surface area contributed by atoms with Gasteiger partial charge in [-0.2, -0.15) is 0 Å². The number of benzene rings is 1. The second-order valence-corrected chi connectivity index (χ2v) is 9.72. The van der Waals surface area contributed by atoms with Crippen LogP contribution in [0, 0.1) is 0 Å². The van der Waals surface area contributed by atoms with E-state index in [1.807, 2.05) is 20.8 Å². The van der Waals surface area contributed by atoms with Gasteiger partial charge in [0.05, 0.1) is 16.3 Å². The topological polar surface area (TPSA) is 92.3 Å². The second kappa shape index (κ2) is 7.57. The van der Waals surface area contributed by atoms with Gasteiger partial charge in [-0.1, -0.05) is 6.92 Å². The minimum Gasteiger partial charge on any atom is -0.354 e. The van der Waals surface area contributed by atoms with Crippen molar-refractivity contribution in [1.82, 2.24) is 5.32 Å². The number of carbonyl (C=O) groups is 2. The molecule has 2 rings (SSSR count). The lowest BCUT2D eigenvalue weighted by atomic mass is 10.3. The van der Waals surface area contributed by atoms with E-state index in [-0.39, 0.29) is 40.2 Å². The van der Waals surface area contributed by atoms with Gasteiger partial charge in [-0.25, -0.2) is 8.42 Å². The summed E-state index contributed by atoms with van der Waals surface area (Å²) in [6, 6.07) is 4.70. The lowest BCUT2D eigenvalue weighted by Crippen LogP contribution is -2.31. The van der Waals surface area contributed by atoms with Crippen LogP contribution in [0.25, 0.3) is 0 Å². The molecule has 0 fully saturated rings. The molecule has 0 aromatic heterocycles. The molecule has 0 saturated carbocycles. The maximum Gasteiger partial charge on any atom is 0.225 e. The molecule has 24 heavy (non-hydrogen) atoms. The maximum absolute atomic E-state index is 12.4. The summed E-state index contributed by atoms with van der Waals surface area (Å²) in [5.41, 5.74) is 0.516. The number of hydrogen-bond acceptors (Lipinski definition) is 5. The number of rotatable bonds is 5. The first-order chi connectivity index (χ1) is 11.2. The van der Waals surface area contributed by atoms with Crippen LogP contribution < -0.4 is 10.6 Å². The summed E-state index contributed by atoms with van der Waals surface area (Å²) < 4.78 is 24.9. The highest BCUT2D eigenvalue weighted by molar-refractivity contribution is 8.00. The molecule has 0 aliphatic carbocycles. The molecule has 1 aliphatic heterocycles. The van der Waals surface area contributed by atoms with Crippen molar-refractivity contribution in [2.45, 2.75) is 54.7 Å². The fourth-order valence-electron chi connectivity index (χ4n) is 2.36. The summed E-state index contributed by atoms with van der Waals surface area (Å²) in [5, 5.41) is 5.56. The van der Waals surface area contributed by atoms with Crippen LogP contribution in [0.2, 0.25) is 0 Å². The third-order valence-electron chi connectivity index (χ3n) is 3.43. The molecule has 2 N–H and O–H groups in total. The van der Waals surface area contributed by atoms with E-state index in [1.165, 1.54) is 23.9 Å². The Balaban J connectivity index is 2.17. The molecule has 0 radical (unpaired) electrons. The van der Waals surface area contributed by atoms with E-state index < -0.39 is 9.84 Å². The van der Waals surface area contributed by atoms with E-state index in [2.05, 4.69) is 10.6 Å². The van der Waals surface area contributed by atoms with E-state index in [9.17, 15) is 18.0 Å². The zero-order valence-electron chi connectivity index (χ0n) is 14.0. The van der Waals surface area contributed by atoms with Gasteiger partial charge in [-0.05, 0) is 32.0 Å². The largest absolute Gasteiger partial charge is 0.354 e. The predicted octanol–water partition coefficient (Wildman–Crippen LogP) is 2.20. The maximum atomic E-state index is 12.4. The average Bonchev–Trinajstić information content (AvgIpc) is 2.60. The first-order valence-corrected chi connectivity index (χ1v) is 10.3. The van der Waals surface area contributed by atoms with Crippen LogP contribution in [0.15, 0.2) is 28.0 Å². The highest BCUT2D eigenvalue weighted by Gasteiger charge is 2.22. The van der Waals surface area contributed by atoms with E-state index in [0.717, 1.165) is 4.90 Å². The van der Waals surface area contributed by atoms with Gasteiger partial charge in [-0.3, -0.25) is 9.59 Å². The Hall–Kier alpha value is -1.54. The number of anilines is 1. The van der Waals surface area contributed by atoms with E-state index in [0.29, 0.717) is 12.1 Å². The Morgan fingerprint density at radius 2 is 2.12 bits per heavy atom. The second-order valence-electron chi connectivity index (χ2n) is 6.13. The summed E-state index contributed by atoms with van der Waals surface area (Å²) in [6.07, 6.45) is 0.298. The van der Waals surface area contributed by atoms with Gasteiger partial charge in [0.15, 0.2) is 9.84 Å². The molecule has 132 valence electrons. The number of thioether (sulfide) groups is 1. The Kier molecular flexibility index (Phi) is 5.92. The fraction of sp³-hybridized carbons (Fsp3) is 0.500. The van der Waals surface area contributed by atoms with E-state index in [1.54, 1.807) is 6.07 Å². The van der Waals surface area contributed by atoms with Crippen molar-refractivity contribution in [2.75, 3.05) is 11.1 Å². The van der Waals surface area contributed by atoms with Gasteiger partial charge >= 0.3 is 0 Å². The van der Waals surface area contributed by atoms with Crippen molar-refractivity contribution in [1.29, 1.82) is 0 Å². The average molecular weight is 370 g/mol. The first kappa shape index (κ1) is 18.8. The monoisotopic (exact) mass is 370 g/mol. The molecular weight excluding hydrogens is 348 g/mol. The van der Waals surface area contributed by atoms with Gasteiger partial charge < -0.3 is 10.6 Å². The minimum absolute atomic E-state index is 0.0260. The molecule has 1 aromatic rings. The van der Waals surface area contributed by atoms with Gasteiger partial charge in [0, 0.05) is 29.0 Å². The highest BCUT2D eigenvalue weighted by atomic mass is 32.2. The van der Waals surface area contributed by atoms with Crippen LogP contribution in [-0.4, -0.2) is 37.3 Å². The van der Waals surface area contributed by atoms with Gasteiger partial charge in [0.1, 0.15) is 0 Å². The predicted molar refractivity (Wildman–Crippen MR) is 95.0 cm³/mol. The number of carbonyl (C=O) groups excluding carboxylic acids is 2. The van der Waals surface area contributed by atoms with Crippen LogP contribution in [0.5, 0.6) is 0 Å². The van der Waals surface area contributed by atoms with Crippen molar-refractivity contribution in [2.24, 2.45) is 0 Å². The third-order valence-corrected chi connectivity index (χ3v) is 6.33. The van der Waals surface area contributed by atoms with E-state index in [4.69, 9.17) is 0 Å². The number of fused-ring (bicyclic) bond motifs is 1. The molecule has 0 unspecified atom stereocenters. The van der Waals surface area contributed by atoms with Crippen molar-refractivity contribution in [3.8, 4) is 0 Å². The normalized spacial score (nSPS) is 17.8. The van der Waals surface area contributed by atoms with Crippen molar-refractivity contribution >= 4 is 39.1 Å². The lowest BCUT2D eigenvalue weighted by molar-refractivity contribution is -0.121. The molecule has 2 amide bonds. The number of hydrogen-bond donors (Lipinski definition) is 2. The third kappa shape index (κ3) is 4.98. The molecule has 0 bridgehead atoms. The summed E-state index contributed by atoms with van der Waals surface area (Å²) in [6.45, 7) is 5.59. The number of nitrogens with one attached hydrogen (secondary N) is 2. The van der Waals surface area contributed by atoms with Crippen LogP contribution in [0.3, 0.4) is 0 Å². The summed E-state index contributed by atoms with van der Waals surface area (Å²) in [7, 11) is -3.59. The van der Waals surface area contributed by atoms with Crippen molar-refractivity contribution in [3.05, 3.63) is 18.2 Å². The number of sulfone groups is 1. The first-order valence-electron chi connectivity index (χ1n) is 7.80. The Labute approximate surface area is 146 Å². The molecule has 1 atom stereocenters. The molecule has 0 saturated heterocycles. The highest BCUT2D eigenvalue weighted by Crippen LogP contribution is 2.36. The van der Waals surface area contributed by atoms with Gasteiger partial charge in [0.2, 0.25) is 11.8 Å². The Morgan fingerprint density at radius 1 is 1.42 bits per heavy atom. The van der Waals surface area contributed by atoms with Gasteiger partial charge in [-0.15, -0.1) is 11.8 Å². The smallest absolute Gasteiger partial charge is 0.225 e. The summed E-state index contributed by atoms with van der Waals surface area (Å²) in [4.78, 5) is 24.4. The Bertz CT molecular complexity index is 744. The Morgan fingerprint density at radius 3 is 2.79 bits per heavy atom. The van der Waals surface area contributed by atoms with Gasteiger partial charge in [0.25, 0.3) is 0 Å². The summed E-state index contributed by atoms with van der Waals surface area (Å²) >= 11 is 1.54. The number of amides is 2. The zero-order chi connectivity index (χ0) is 17.9. The molecule has 0 spiro atoms. The standard InChI is InChI=1S/C16H22N2O4S2/c1-10(2)17-15(19)6-7-24(21,22)12-4-5-14-13(9-12)18-16(20)8-11(3)23-14/h4-5,9-11H,6-8H2,1-3H3,(H,17,19)(H,18,20)/t11-/m0/s1. The molecule has 1 aromatic carbocycles. The summed E-state index contributed by atoms with van der Waals surface area (Å²) in [5.74, 6) is -0.678. The van der Waals surface area contributed by atoms with Crippen LogP contribution in [0.1, 0.15) is 33.6 Å². The van der Waals surface area contributed by atoms with Crippen LogP contribution in [0.4, 0.5) is 5.69 Å². The van der Waals surface area contributed by atoms with E-state index >= 15 is 0 Å². The quantitative estimate of drug-likeness (QED) is 0.829. The SMILES string of the molecule is CC(C)NC(=O)CCS(=O)(=O)c1ccc2c(c1)NC(=O)C[C@H](C)S2. The zero-order valence-corrected chi connectivity index (χ0v) is 15.6. The fourth-order valence-corrected chi connectivity index (χ4v) is 4.68. The van der Waals surface area contributed by atoms with Crippen molar-refractivity contribution < 1.29 is 18.0 Å².